The third kappa shape index (κ3) is 7.13. The molecule has 0 atom stereocenters. The second-order valence-corrected chi connectivity index (χ2v) is 6.59. The van der Waals surface area contributed by atoms with Crippen molar-refractivity contribution in [3.05, 3.63) is 26.6 Å². The molecule has 0 spiro atoms. The number of carbonyl (C=O) groups is 3. The van der Waals surface area contributed by atoms with Gasteiger partial charge in [0.05, 0.1) is 10.0 Å². The van der Waals surface area contributed by atoms with Crippen LogP contribution in [0.1, 0.15) is 43.0 Å². The predicted octanol–water partition coefficient (Wildman–Crippen LogP) is 3.51. The average molecular weight is 451 g/mol. The summed E-state index contributed by atoms with van der Waals surface area (Å²) in [6, 6.07) is 3.25. The highest BCUT2D eigenvalue weighted by Gasteiger charge is 2.18. The van der Waals surface area contributed by atoms with E-state index in [0.29, 0.717) is 34.8 Å². The number of rotatable bonds is 8. The molecule has 2 N–H and O–H groups in total. The summed E-state index contributed by atoms with van der Waals surface area (Å²) in [6.07, 6.45) is 2.10. The van der Waals surface area contributed by atoms with Crippen molar-refractivity contribution in [2.24, 2.45) is 0 Å². The fraction of sp³-hybridized carbons (Fsp3) is 0.400. The van der Waals surface area contributed by atoms with Gasteiger partial charge in [0, 0.05) is 24.4 Å². The molecular formula is C15H17Br2NO5. The Morgan fingerprint density at radius 2 is 1.87 bits per heavy atom. The Bertz CT molecular complexity index is 604. The molecule has 0 unspecified atom stereocenters. The normalized spacial score (nSPS) is 10.2. The summed E-state index contributed by atoms with van der Waals surface area (Å²) < 4.78 is 6.26. The summed E-state index contributed by atoms with van der Waals surface area (Å²) in [5.74, 6) is -1.53. The van der Waals surface area contributed by atoms with Crippen LogP contribution in [0.2, 0.25) is 0 Å². The van der Waals surface area contributed by atoms with Gasteiger partial charge in [-0.05, 0) is 40.9 Å². The lowest BCUT2D eigenvalue weighted by Crippen LogP contribution is -2.25. The molecule has 0 bridgehead atoms. The van der Waals surface area contributed by atoms with Crippen LogP contribution in [-0.2, 0) is 9.59 Å². The van der Waals surface area contributed by atoms with E-state index in [1.165, 1.54) is 6.92 Å². The first-order chi connectivity index (χ1) is 10.8. The van der Waals surface area contributed by atoms with Crippen molar-refractivity contribution in [1.29, 1.82) is 0 Å². The lowest BCUT2D eigenvalue weighted by atomic mass is 10.1. The zero-order valence-corrected chi connectivity index (χ0v) is 15.7. The third-order valence-electron chi connectivity index (χ3n) is 2.85. The number of esters is 1. The highest BCUT2D eigenvalue weighted by molar-refractivity contribution is 9.11. The fourth-order valence-electron chi connectivity index (χ4n) is 1.85. The maximum absolute atomic E-state index is 12.3. The van der Waals surface area contributed by atoms with Crippen molar-refractivity contribution < 1.29 is 24.2 Å². The van der Waals surface area contributed by atoms with E-state index in [1.54, 1.807) is 12.1 Å². The molecule has 0 aliphatic heterocycles. The Morgan fingerprint density at radius 1 is 1.17 bits per heavy atom. The van der Waals surface area contributed by atoms with Crippen LogP contribution >= 0.6 is 31.9 Å². The van der Waals surface area contributed by atoms with Crippen LogP contribution in [0.25, 0.3) is 0 Å². The van der Waals surface area contributed by atoms with Crippen LogP contribution in [0, 0.1) is 0 Å². The summed E-state index contributed by atoms with van der Waals surface area (Å²) >= 11 is 6.56. The number of amides is 1. The van der Waals surface area contributed by atoms with Gasteiger partial charge in [-0.15, -0.1) is 0 Å². The van der Waals surface area contributed by atoms with Gasteiger partial charge < -0.3 is 15.2 Å². The van der Waals surface area contributed by atoms with Crippen LogP contribution in [0.5, 0.6) is 5.75 Å². The molecule has 0 radical (unpaired) electrons. The van der Waals surface area contributed by atoms with Gasteiger partial charge in [0.2, 0.25) is 0 Å². The Hall–Kier alpha value is -1.41. The molecule has 0 heterocycles. The van der Waals surface area contributed by atoms with Gasteiger partial charge in [0.25, 0.3) is 5.91 Å². The minimum absolute atomic E-state index is 0.128. The van der Waals surface area contributed by atoms with Crippen molar-refractivity contribution >= 4 is 49.7 Å². The molecular weight excluding hydrogens is 434 g/mol. The van der Waals surface area contributed by atoms with Gasteiger partial charge in [-0.1, -0.05) is 22.4 Å². The summed E-state index contributed by atoms with van der Waals surface area (Å²) in [5.41, 5.74) is 0.243. The Kier molecular flexibility index (Phi) is 8.25. The zero-order chi connectivity index (χ0) is 17.4. The van der Waals surface area contributed by atoms with E-state index in [0.717, 1.165) is 0 Å². The molecule has 0 aromatic heterocycles. The summed E-state index contributed by atoms with van der Waals surface area (Å²) in [4.78, 5) is 33.8. The maximum Gasteiger partial charge on any atom is 0.308 e. The molecule has 0 saturated heterocycles. The first-order valence-electron chi connectivity index (χ1n) is 6.98. The quantitative estimate of drug-likeness (QED) is 0.359. The Balaban J connectivity index is 2.64. The van der Waals surface area contributed by atoms with Gasteiger partial charge in [-0.3, -0.25) is 14.4 Å². The van der Waals surface area contributed by atoms with E-state index in [2.05, 4.69) is 37.2 Å². The lowest BCUT2D eigenvalue weighted by Gasteiger charge is -2.12. The number of benzene rings is 1. The maximum atomic E-state index is 12.3. The number of hydrogen-bond donors (Lipinski definition) is 2. The third-order valence-corrected chi connectivity index (χ3v) is 3.90. The van der Waals surface area contributed by atoms with Crippen LogP contribution < -0.4 is 10.1 Å². The molecule has 0 saturated carbocycles. The van der Waals surface area contributed by atoms with E-state index >= 15 is 0 Å². The van der Waals surface area contributed by atoms with Crippen molar-refractivity contribution in [1.82, 2.24) is 5.32 Å². The molecule has 1 aromatic rings. The second-order valence-electron chi connectivity index (χ2n) is 4.82. The smallest absolute Gasteiger partial charge is 0.308 e. The molecule has 1 aromatic carbocycles. The van der Waals surface area contributed by atoms with Crippen LogP contribution in [0.15, 0.2) is 21.1 Å². The van der Waals surface area contributed by atoms with Crippen LogP contribution in [0.3, 0.4) is 0 Å². The van der Waals surface area contributed by atoms with Gasteiger partial charge >= 0.3 is 11.9 Å². The fourth-order valence-corrected chi connectivity index (χ4v) is 3.16. The molecule has 6 nitrogen and oxygen atoms in total. The van der Waals surface area contributed by atoms with Crippen molar-refractivity contribution in [2.45, 2.75) is 32.6 Å². The molecule has 1 amide bonds. The Morgan fingerprint density at radius 3 is 2.48 bits per heavy atom. The topological polar surface area (TPSA) is 92.7 Å². The van der Waals surface area contributed by atoms with Gasteiger partial charge in [0.15, 0.2) is 5.75 Å². The first kappa shape index (κ1) is 19.6. The van der Waals surface area contributed by atoms with Gasteiger partial charge in [-0.2, -0.15) is 0 Å². The highest BCUT2D eigenvalue weighted by Crippen LogP contribution is 2.33. The number of nitrogens with one attached hydrogen (secondary N) is 1. The van der Waals surface area contributed by atoms with Crippen molar-refractivity contribution in [2.75, 3.05) is 6.54 Å². The average Bonchev–Trinajstić information content (AvgIpc) is 2.44. The number of hydrogen-bond acceptors (Lipinski definition) is 4. The molecule has 0 fully saturated rings. The number of unbranched alkanes of at least 4 members (excludes halogenated alkanes) is 2. The number of aliphatic carboxylic acids is 1. The standard InChI is InChI=1S/C15H17Br2NO5/c1-9(19)23-14-11(7-10(16)8-12(14)17)15(22)18-6-4-2-3-5-13(20)21/h7-8H,2-6H2,1H3,(H,18,22)(H,20,21). The predicted molar refractivity (Wildman–Crippen MR) is 91.6 cm³/mol. The number of carbonyl (C=O) groups excluding carboxylic acids is 2. The van der Waals surface area contributed by atoms with Gasteiger partial charge in [-0.25, -0.2) is 0 Å². The van der Waals surface area contributed by atoms with E-state index < -0.39 is 11.9 Å². The minimum atomic E-state index is -0.820. The number of carboxylic acid groups (broad SMARTS) is 1. The Labute approximate surface area is 150 Å². The summed E-state index contributed by atoms with van der Waals surface area (Å²) in [6.45, 7) is 1.68. The van der Waals surface area contributed by atoms with Crippen molar-refractivity contribution in [3.63, 3.8) is 0 Å². The molecule has 1 rings (SSSR count). The lowest BCUT2D eigenvalue weighted by molar-refractivity contribution is -0.137. The van der Waals surface area contributed by atoms with E-state index in [1.807, 2.05) is 0 Å². The highest BCUT2D eigenvalue weighted by atomic mass is 79.9. The first-order valence-corrected chi connectivity index (χ1v) is 8.57. The SMILES string of the molecule is CC(=O)Oc1c(Br)cc(Br)cc1C(=O)NCCCCCC(=O)O. The monoisotopic (exact) mass is 449 g/mol. The second kappa shape index (κ2) is 9.67. The number of ether oxygens (including phenoxy) is 1. The summed E-state index contributed by atoms with van der Waals surface area (Å²) in [5, 5.41) is 11.3. The number of halogens is 2. The largest absolute Gasteiger partial charge is 0.481 e. The van der Waals surface area contributed by atoms with E-state index in [4.69, 9.17) is 9.84 Å². The molecule has 0 aliphatic carbocycles. The minimum Gasteiger partial charge on any atom is -0.481 e. The van der Waals surface area contributed by atoms with Crippen molar-refractivity contribution in [3.8, 4) is 5.75 Å². The van der Waals surface area contributed by atoms with Crippen LogP contribution in [-0.4, -0.2) is 29.5 Å². The van der Waals surface area contributed by atoms with E-state index in [9.17, 15) is 14.4 Å². The molecule has 0 aliphatic rings. The zero-order valence-electron chi connectivity index (χ0n) is 12.5. The summed E-state index contributed by atoms with van der Waals surface area (Å²) in [7, 11) is 0. The number of carboxylic acids is 1. The van der Waals surface area contributed by atoms with Crippen LogP contribution in [0.4, 0.5) is 0 Å². The molecule has 23 heavy (non-hydrogen) atoms. The van der Waals surface area contributed by atoms with E-state index in [-0.39, 0.29) is 23.6 Å². The molecule has 8 heteroatoms. The molecule has 126 valence electrons. The van der Waals surface area contributed by atoms with Gasteiger partial charge in [0.1, 0.15) is 0 Å².